The predicted octanol–water partition coefficient (Wildman–Crippen LogP) is 3.34. The van der Waals surface area contributed by atoms with Crippen LogP contribution in [0.5, 0.6) is 0 Å². The fourth-order valence-electron chi connectivity index (χ4n) is 5.53. The third-order valence-electron chi connectivity index (χ3n) is 7.82. The summed E-state index contributed by atoms with van der Waals surface area (Å²) in [4.78, 5) is 23.1. The maximum absolute atomic E-state index is 12.0. The van der Waals surface area contributed by atoms with Gasteiger partial charge in [-0.1, -0.05) is 6.58 Å². The molecule has 3 saturated carbocycles. The molecular formula is C25H36O7. The monoisotopic (exact) mass is 448 g/mol. The molecule has 6 fully saturated rings. The van der Waals surface area contributed by atoms with E-state index in [9.17, 15) is 9.59 Å². The zero-order valence-corrected chi connectivity index (χ0v) is 19.0. The van der Waals surface area contributed by atoms with Crippen LogP contribution in [-0.4, -0.2) is 61.8 Å². The summed E-state index contributed by atoms with van der Waals surface area (Å²) < 4.78 is 27.0. The highest BCUT2D eigenvalue weighted by Crippen LogP contribution is 2.41. The Balaban J connectivity index is 0.000000140. The Bertz CT molecular complexity index is 736. The number of hydrogen-bond acceptors (Lipinski definition) is 7. The topological polar surface area (TPSA) is 90.2 Å². The molecule has 0 amide bonds. The third kappa shape index (κ3) is 5.72. The zero-order valence-electron chi connectivity index (χ0n) is 19.0. The molecule has 0 aromatic rings. The third-order valence-corrected chi connectivity index (χ3v) is 7.82. The molecule has 3 heterocycles. The van der Waals surface area contributed by atoms with Gasteiger partial charge >= 0.3 is 11.9 Å². The van der Waals surface area contributed by atoms with Crippen LogP contribution in [0.2, 0.25) is 0 Å². The molecule has 6 rings (SSSR count). The minimum atomic E-state index is -0.274. The molecule has 3 aliphatic heterocycles. The van der Waals surface area contributed by atoms with Crippen molar-refractivity contribution in [3.05, 3.63) is 12.2 Å². The standard InChI is InChI=1S/C14H20O4.C11H16O3/c15-14(9-2-4-11-13(6-9)18-11)16-7-8-1-3-10-12(5-8)17-10;1-7(2)11(12)13-6-8-3-4-9-10(5-8)14-9/h8-13H,1-7H2;8-10H,1,3-6H2,2H3. The highest BCUT2D eigenvalue weighted by molar-refractivity contribution is 5.86. The maximum atomic E-state index is 12.0. The van der Waals surface area contributed by atoms with Crippen LogP contribution < -0.4 is 0 Å². The highest BCUT2D eigenvalue weighted by atomic mass is 16.6. The molecular weight excluding hydrogens is 412 g/mol. The smallest absolute Gasteiger partial charge is 0.333 e. The van der Waals surface area contributed by atoms with Crippen LogP contribution in [-0.2, 0) is 33.3 Å². The largest absolute Gasteiger partial charge is 0.465 e. The number of carbonyl (C=O) groups is 2. The van der Waals surface area contributed by atoms with Gasteiger partial charge in [-0.25, -0.2) is 4.79 Å². The lowest BCUT2D eigenvalue weighted by Gasteiger charge is -2.21. The molecule has 6 aliphatic rings. The second-order valence-corrected chi connectivity index (χ2v) is 10.5. The van der Waals surface area contributed by atoms with Gasteiger partial charge in [0.1, 0.15) is 0 Å². The molecule has 7 nitrogen and oxygen atoms in total. The first-order chi connectivity index (χ1) is 15.5. The molecule has 178 valence electrons. The van der Waals surface area contributed by atoms with Gasteiger partial charge in [-0.15, -0.1) is 0 Å². The van der Waals surface area contributed by atoms with Gasteiger partial charge < -0.3 is 23.7 Å². The Labute approximate surface area is 190 Å². The van der Waals surface area contributed by atoms with Crippen molar-refractivity contribution in [3.8, 4) is 0 Å². The van der Waals surface area contributed by atoms with Crippen LogP contribution in [0.4, 0.5) is 0 Å². The summed E-state index contributed by atoms with van der Waals surface area (Å²) in [5, 5.41) is 0. The van der Waals surface area contributed by atoms with E-state index in [-0.39, 0.29) is 17.9 Å². The summed E-state index contributed by atoms with van der Waals surface area (Å²) in [5.74, 6) is 0.821. The first kappa shape index (κ1) is 22.4. The Morgan fingerprint density at radius 2 is 1.22 bits per heavy atom. The van der Waals surface area contributed by atoms with Gasteiger partial charge in [-0.3, -0.25) is 4.79 Å². The van der Waals surface area contributed by atoms with E-state index in [1.165, 1.54) is 0 Å². The van der Waals surface area contributed by atoms with E-state index in [0.717, 1.165) is 57.8 Å². The van der Waals surface area contributed by atoms with Gasteiger partial charge in [0.25, 0.3) is 0 Å². The molecule has 0 bridgehead atoms. The van der Waals surface area contributed by atoms with Gasteiger partial charge in [0, 0.05) is 5.57 Å². The van der Waals surface area contributed by atoms with Gasteiger partial charge in [-0.05, 0) is 76.5 Å². The quantitative estimate of drug-likeness (QED) is 0.350. The number of epoxide rings is 3. The molecule has 9 atom stereocenters. The molecule has 0 aromatic heterocycles. The highest BCUT2D eigenvalue weighted by Gasteiger charge is 2.47. The fourth-order valence-corrected chi connectivity index (χ4v) is 5.53. The molecule has 9 unspecified atom stereocenters. The van der Waals surface area contributed by atoms with Crippen molar-refractivity contribution < 1.29 is 33.3 Å². The van der Waals surface area contributed by atoms with E-state index < -0.39 is 0 Å². The number of ether oxygens (including phenoxy) is 5. The van der Waals surface area contributed by atoms with Crippen LogP contribution in [0.15, 0.2) is 12.2 Å². The van der Waals surface area contributed by atoms with E-state index in [1.807, 2.05) is 0 Å². The molecule has 3 saturated heterocycles. The van der Waals surface area contributed by atoms with E-state index in [2.05, 4.69) is 6.58 Å². The average molecular weight is 449 g/mol. The number of rotatable bonds is 6. The predicted molar refractivity (Wildman–Crippen MR) is 115 cm³/mol. The lowest BCUT2D eigenvalue weighted by molar-refractivity contribution is -0.151. The number of esters is 2. The molecule has 32 heavy (non-hydrogen) atoms. The summed E-state index contributed by atoms with van der Waals surface area (Å²) in [6.45, 7) is 6.33. The summed E-state index contributed by atoms with van der Waals surface area (Å²) in [6.07, 6.45) is 12.3. The molecule has 7 heteroatoms. The maximum Gasteiger partial charge on any atom is 0.333 e. The Morgan fingerprint density at radius 1 is 0.719 bits per heavy atom. The normalized spacial score (nSPS) is 42.6. The van der Waals surface area contributed by atoms with Gasteiger partial charge in [-0.2, -0.15) is 0 Å². The molecule has 0 aromatic carbocycles. The molecule has 0 spiro atoms. The van der Waals surface area contributed by atoms with Crippen LogP contribution in [0.3, 0.4) is 0 Å². The van der Waals surface area contributed by atoms with Crippen molar-refractivity contribution in [2.45, 2.75) is 101 Å². The van der Waals surface area contributed by atoms with Crippen molar-refractivity contribution in [1.29, 1.82) is 0 Å². The molecule has 0 N–H and O–H groups in total. The second-order valence-electron chi connectivity index (χ2n) is 10.5. The van der Waals surface area contributed by atoms with Gasteiger partial charge in [0.05, 0.1) is 55.8 Å². The zero-order chi connectivity index (χ0) is 22.2. The van der Waals surface area contributed by atoms with Crippen LogP contribution >= 0.6 is 0 Å². The Kier molecular flexibility index (Phi) is 6.59. The van der Waals surface area contributed by atoms with Crippen molar-refractivity contribution in [2.75, 3.05) is 13.2 Å². The van der Waals surface area contributed by atoms with Crippen molar-refractivity contribution >= 4 is 11.9 Å². The Morgan fingerprint density at radius 3 is 1.72 bits per heavy atom. The van der Waals surface area contributed by atoms with E-state index in [1.54, 1.807) is 6.92 Å². The summed E-state index contributed by atoms with van der Waals surface area (Å²) >= 11 is 0. The number of fused-ring (bicyclic) bond motifs is 3. The van der Waals surface area contributed by atoms with Crippen molar-refractivity contribution in [2.24, 2.45) is 17.8 Å². The number of carbonyl (C=O) groups excluding carboxylic acids is 2. The van der Waals surface area contributed by atoms with E-state index in [4.69, 9.17) is 23.7 Å². The van der Waals surface area contributed by atoms with Crippen LogP contribution in [0, 0.1) is 17.8 Å². The minimum Gasteiger partial charge on any atom is -0.465 e. The van der Waals surface area contributed by atoms with Crippen molar-refractivity contribution in [1.82, 2.24) is 0 Å². The fraction of sp³-hybridized carbons (Fsp3) is 0.840. The lowest BCUT2D eigenvalue weighted by atomic mass is 9.89. The lowest BCUT2D eigenvalue weighted by Crippen LogP contribution is -2.27. The first-order valence-corrected chi connectivity index (χ1v) is 12.4. The minimum absolute atomic E-state index is 0.00258. The van der Waals surface area contributed by atoms with Crippen LogP contribution in [0.25, 0.3) is 0 Å². The summed E-state index contributed by atoms with van der Waals surface area (Å²) in [7, 11) is 0. The molecule has 0 radical (unpaired) electrons. The second kappa shape index (κ2) is 9.43. The SMILES string of the molecule is C=C(C)C(=O)OCC1CCC2OC2C1.O=C(OCC1CCC2OC2C1)C1CCC2OC2C1. The van der Waals surface area contributed by atoms with Gasteiger partial charge in [0.2, 0.25) is 0 Å². The van der Waals surface area contributed by atoms with E-state index in [0.29, 0.717) is 67.2 Å². The van der Waals surface area contributed by atoms with Gasteiger partial charge in [0.15, 0.2) is 0 Å². The number of hydrogen-bond donors (Lipinski definition) is 0. The Hall–Kier alpha value is -1.44. The summed E-state index contributed by atoms with van der Waals surface area (Å²) in [6, 6.07) is 0. The summed E-state index contributed by atoms with van der Waals surface area (Å²) in [5.41, 5.74) is 0.473. The molecule has 3 aliphatic carbocycles. The van der Waals surface area contributed by atoms with E-state index >= 15 is 0 Å². The average Bonchev–Trinajstić information content (AvgIpc) is 3.68. The van der Waals surface area contributed by atoms with Crippen LogP contribution in [0.1, 0.15) is 64.7 Å². The van der Waals surface area contributed by atoms with Crippen molar-refractivity contribution in [3.63, 3.8) is 0 Å². The first-order valence-electron chi connectivity index (χ1n) is 12.4.